The molecule has 1 aromatic heterocycles. The summed E-state index contributed by atoms with van der Waals surface area (Å²) in [7, 11) is 0. The van der Waals surface area contributed by atoms with Gasteiger partial charge in [0.15, 0.2) is 0 Å². The van der Waals surface area contributed by atoms with Crippen LogP contribution in [0.5, 0.6) is 0 Å². The molecule has 0 spiro atoms. The van der Waals surface area contributed by atoms with Crippen molar-refractivity contribution in [2.75, 3.05) is 12.3 Å². The Balaban J connectivity index is 2.44. The molecular formula is C13H25N3S. The molecule has 0 saturated carbocycles. The highest BCUT2D eigenvalue weighted by Crippen LogP contribution is 2.23. The van der Waals surface area contributed by atoms with Gasteiger partial charge in [-0.2, -0.15) is 16.9 Å². The Labute approximate surface area is 109 Å². The predicted molar refractivity (Wildman–Crippen MR) is 76.6 cm³/mol. The quantitative estimate of drug-likeness (QED) is 0.847. The van der Waals surface area contributed by atoms with E-state index in [9.17, 15) is 0 Å². The lowest BCUT2D eigenvalue weighted by Crippen LogP contribution is -2.12. The fourth-order valence-electron chi connectivity index (χ4n) is 1.55. The van der Waals surface area contributed by atoms with Crippen molar-refractivity contribution in [2.24, 2.45) is 0 Å². The van der Waals surface area contributed by atoms with E-state index in [1.54, 1.807) is 0 Å². The molecule has 0 fully saturated rings. The Morgan fingerprint density at radius 3 is 2.71 bits per heavy atom. The molecule has 3 nitrogen and oxygen atoms in total. The molecule has 17 heavy (non-hydrogen) atoms. The van der Waals surface area contributed by atoms with Crippen molar-refractivity contribution in [1.82, 2.24) is 15.1 Å². The molecule has 0 saturated heterocycles. The van der Waals surface area contributed by atoms with Crippen LogP contribution in [0, 0.1) is 6.92 Å². The molecule has 0 aliphatic carbocycles. The van der Waals surface area contributed by atoms with E-state index in [0.29, 0.717) is 4.75 Å². The number of nitrogens with one attached hydrogen (secondary N) is 1. The highest BCUT2D eigenvalue weighted by atomic mass is 32.2. The standard InChI is InChI=1S/C13H25N3S/c1-6-14-9-12-10-16(15-11(12)2)7-8-17-13(3,4)5/h10,14H,6-9H2,1-5H3. The van der Waals surface area contributed by atoms with Crippen LogP contribution in [-0.2, 0) is 13.1 Å². The molecule has 0 bridgehead atoms. The Hall–Kier alpha value is -0.480. The van der Waals surface area contributed by atoms with Gasteiger partial charge in [0.2, 0.25) is 0 Å². The highest BCUT2D eigenvalue weighted by Gasteiger charge is 2.10. The van der Waals surface area contributed by atoms with Crippen LogP contribution in [0.15, 0.2) is 6.20 Å². The van der Waals surface area contributed by atoms with Crippen molar-refractivity contribution in [3.05, 3.63) is 17.5 Å². The van der Waals surface area contributed by atoms with Gasteiger partial charge in [-0.1, -0.05) is 27.7 Å². The van der Waals surface area contributed by atoms with Gasteiger partial charge >= 0.3 is 0 Å². The smallest absolute Gasteiger partial charge is 0.0638 e. The zero-order chi connectivity index (χ0) is 12.9. The molecule has 1 aromatic rings. The highest BCUT2D eigenvalue weighted by molar-refractivity contribution is 8.00. The summed E-state index contributed by atoms with van der Waals surface area (Å²) in [5.41, 5.74) is 2.46. The first-order valence-corrected chi connectivity index (χ1v) is 7.28. The maximum Gasteiger partial charge on any atom is 0.0638 e. The van der Waals surface area contributed by atoms with Crippen molar-refractivity contribution in [3.63, 3.8) is 0 Å². The molecule has 0 aromatic carbocycles. The third kappa shape index (κ3) is 5.59. The third-order valence-corrected chi connectivity index (χ3v) is 3.72. The molecule has 0 aliphatic heterocycles. The van der Waals surface area contributed by atoms with Gasteiger partial charge in [-0.05, 0) is 13.5 Å². The average molecular weight is 255 g/mol. The number of aryl methyl sites for hydroxylation is 2. The zero-order valence-electron chi connectivity index (χ0n) is 11.7. The van der Waals surface area contributed by atoms with Crippen LogP contribution in [-0.4, -0.2) is 26.8 Å². The van der Waals surface area contributed by atoms with Gasteiger partial charge in [0, 0.05) is 35.3 Å². The van der Waals surface area contributed by atoms with E-state index in [0.717, 1.165) is 31.1 Å². The number of rotatable bonds is 6. The maximum atomic E-state index is 4.55. The SMILES string of the molecule is CCNCc1cn(CCSC(C)(C)C)nc1C. The minimum atomic E-state index is 0.342. The van der Waals surface area contributed by atoms with Crippen LogP contribution in [0.1, 0.15) is 39.0 Å². The second-order valence-corrected chi connectivity index (χ2v) is 7.17. The van der Waals surface area contributed by atoms with Crippen LogP contribution < -0.4 is 5.32 Å². The second kappa shape index (κ2) is 6.45. The second-order valence-electron chi connectivity index (χ2n) is 5.24. The lowest BCUT2D eigenvalue weighted by Gasteiger charge is -2.17. The van der Waals surface area contributed by atoms with Crippen LogP contribution >= 0.6 is 11.8 Å². The van der Waals surface area contributed by atoms with E-state index in [1.165, 1.54) is 5.56 Å². The van der Waals surface area contributed by atoms with Crippen molar-refractivity contribution in [3.8, 4) is 0 Å². The molecule has 0 atom stereocenters. The normalized spacial score (nSPS) is 12.1. The fraction of sp³-hybridized carbons (Fsp3) is 0.769. The summed E-state index contributed by atoms with van der Waals surface area (Å²) in [5.74, 6) is 1.12. The van der Waals surface area contributed by atoms with Gasteiger partial charge < -0.3 is 5.32 Å². The fourth-order valence-corrected chi connectivity index (χ4v) is 2.44. The Morgan fingerprint density at radius 2 is 2.12 bits per heavy atom. The average Bonchev–Trinajstić information content (AvgIpc) is 2.54. The third-order valence-electron chi connectivity index (χ3n) is 2.47. The lowest BCUT2D eigenvalue weighted by atomic mass is 10.2. The van der Waals surface area contributed by atoms with Gasteiger partial charge in [0.05, 0.1) is 5.69 Å². The molecule has 0 radical (unpaired) electrons. The molecule has 0 unspecified atom stereocenters. The van der Waals surface area contributed by atoms with Crippen molar-refractivity contribution in [2.45, 2.75) is 52.5 Å². The summed E-state index contributed by atoms with van der Waals surface area (Å²) >= 11 is 1.98. The predicted octanol–water partition coefficient (Wildman–Crippen LogP) is 2.83. The van der Waals surface area contributed by atoms with E-state index in [4.69, 9.17) is 0 Å². The summed E-state index contributed by atoms with van der Waals surface area (Å²) in [4.78, 5) is 0. The van der Waals surface area contributed by atoms with Crippen molar-refractivity contribution >= 4 is 11.8 Å². The van der Waals surface area contributed by atoms with E-state index < -0.39 is 0 Å². The number of thioether (sulfide) groups is 1. The monoisotopic (exact) mass is 255 g/mol. The lowest BCUT2D eigenvalue weighted by molar-refractivity contribution is 0.655. The molecule has 4 heteroatoms. The molecule has 1 heterocycles. The van der Waals surface area contributed by atoms with Gasteiger partial charge in [-0.25, -0.2) is 0 Å². The van der Waals surface area contributed by atoms with E-state index in [1.807, 2.05) is 11.8 Å². The van der Waals surface area contributed by atoms with Crippen LogP contribution in [0.3, 0.4) is 0 Å². The van der Waals surface area contributed by atoms with Gasteiger partial charge in [0.25, 0.3) is 0 Å². The molecular weight excluding hydrogens is 230 g/mol. The van der Waals surface area contributed by atoms with Crippen LogP contribution in [0.25, 0.3) is 0 Å². The number of aromatic nitrogens is 2. The molecule has 1 N–H and O–H groups in total. The topological polar surface area (TPSA) is 29.9 Å². The zero-order valence-corrected chi connectivity index (χ0v) is 12.5. The van der Waals surface area contributed by atoms with Crippen LogP contribution in [0.2, 0.25) is 0 Å². The number of hydrogen-bond acceptors (Lipinski definition) is 3. The van der Waals surface area contributed by atoms with Crippen LogP contribution in [0.4, 0.5) is 0 Å². The van der Waals surface area contributed by atoms with Crippen molar-refractivity contribution in [1.29, 1.82) is 0 Å². The molecule has 1 rings (SSSR count). The van der Waals surface area contributed by atoms with Gasteiger partial charge in [0.1, 0.15) is 0 Å². The van der Waals surface area contributed by atoms with Crippen molar-refractivity contribution < 1.29 is 0 Å². The summed E-state index contributed by atoms with van der Waals surface area (Å²) < 4.78 is 2.41. The Morgan fingerprint density at radius 1 is 1.41 bits per heavy atom. The largest absolute Gasteiger partial charge is 0.313 e. The minimum Gasteiger partial charge on any atom is -0.313 e. The Bertz CT molecular complexity index is 339. The summed E-state index contributed by atoms with van der Waals surface area (Å²) in [6.45, 7) is 13.9. The first-order chi connectivity index (χ1) is 7.92. The molecule has 98 valence electrons. The summed E-state index contributed by atoms with van der Waals surface area (Å²) in [5, 5.41) is 7.89. The van der Waals surface area contributed by atoms with E-state index >= 15 is 0 Å². The number of hydrogen-bond donors (Lipinski definition) is 1. The first-order valence-electron chi connectivity index (χ1n) is 6.30. The van der Waals surface area contributed by atoms with E-state index in [-0.39, 0.29) is 0 Å². The van der Waals surface area contributed by atoms with Gasteiger partial charge in [-0.3, -0.25) is 4.68 Å². The number of nitrogens with zero attached hydrogens (tertiary/aromatic N) is 2. The summed E-state index contributed by atoms with van der Waals surface area (Å²) in [6, 6.07) is 0. The first kappa shape index (κ1) is 14.6. The van der Waals surface area contributed by atoms with Gasteiger partial charge in [-0.15, -0.1) is 0 Å². The molecule has 0 amide bonds. The molecule has 0 aliphatic rings. The summed E-state index contributed by atoms with van der Waals surface area (Å²) in [6.07, 6.45) is 2.17. The van der Waals surface area contributed by atoms with E-state index in [2.05, 4.69) is 55.9 Å². The Kier molecular flexibility index (Phi) is 5.53. The minimum absolute atomic E-state index is 0.342. The maximum absolute atomic E-state index is 4.55.